The first-order valence-corrected chi connectivity index (χ1v) is 8.61. The molecule has 4 rings (SSSR count). The van der Waals surface area contributed by atoms with Crippen molar-refractivity contribution in [3.05, 3.63) is 71.6 Å². The third-order valence-electron chi connectivity index (χ3n) is 4.94. The SMILES string of the molecule is Cc1nc(C2CCCN(Cc3cccc(F)c3)C2)c2ccccn12. The monoisotopic (exact) mass is 323 g/mol. The van der Waals surface area contributed by atoms with Gasteiger partial charge in [-0.2, -0.15) is 0 Å². The minimum atomic E-state index is -0.156. The summed E-state index contributed by atoms with van der Waals surface area (Å²) in [5.41, 5.74) is 3.46. The molecule has 0 radical (unpaired) electrons. The van der Waals surface area contributed by atoms with Crippen molar-refractivity contribution >= 4 is 5.52 Å². The van der Waals surface area contributed by atoms with Gasteiger partial charge in [0.05, 0.1) is 11.2 Å². The molecule has 3 heterocycles. The molecule has 3 aromatic rings. The first-order valence-electron chi connectivity index (χ1n) is 8.61. The second kappa shape index (κ2) is 6.36. The van der Waals surface area contributed by atoms with E-state index in [1.54, 1.807) is 12.1 Å². The molecule has 0 spiro atoms. The molecule has 0 bridgehead atoms. The quantitative estimate of drug-likeness (QED) is 0.721. The maximum atomic E-state index is 13.4. The van der Waals surface area contributed by atoms with Crippen LogP contribution in [0.5, 0.6) is 0 Å². The lowest BCUT2D eigenvalue weighted by Crippen LogP contribution is -2.34. The van der Waals surface area contributed by atoms with Gasteiger partial charge in [0.15, 0.2) is 0 Å². The highest BCUT2D eigenvalue weighted by atomic mass is 19.1. The Hall–Kier alpha value is -2.20. The van der Waals surface area contributed by atoms with Crippen LogP contribution in [0.3, 0.4) is 0 Å². The third kappa shape index (κ3) is 2.94. The predicted octanol–water partition coefficient (Wildman–Crippen LogP) is 4.16. The van der Waals surface area contributed by atoms with Gasteiger partial charge >= 0.3 is 0 Å². The molecule has 1 aliphatic rings. The lowest BCUT2D eigenvalue weighted by Gasteiger charge is -2.32. The van der Waals surface area contributed by atoms with Crippen LogP contribution in [0.2, 0.25) is 0 Å². The summed E-state index contributed by atoms with van der Waals surface area (Å²) in [6.07, 6.45) is 4.40. The fourth-order valence-electron chi connectivity index (χ4n) is 3.84. The summed E-state index contributed by atoms with van der Waals surface area (Å²) in [5, 5.41) is 0. The zero-order chi connectivity index (χ0) is 16.5. The zero-order valence-electron chi connectivity index (χ0n) is 14.0. The van der Waals surface area contributed by atoms with Crippen LogP contribution in [0.25, 0.3) is 5.52 Å². The highest BCUT2D eigenvalue weighted by Gasteiger charge is 2.25. The molecule has 1 unspecified atom stereocenters. The first-order chi connectivity index (χ1) is 11.7. The van der Waals surface area contributed by atoms with Gasteiger partial charge in [0.25, 0.3) is 0 Å². The molecular weight excluding hydrogens is 301 g/mol. The number of halogens is 1. The number of likely N-dealkylation sites (tertiary alicyclic amines) is 1. The molecule has 2 aromatic heterocycles. The van der Waals surface area contributed by atoms with Crippen molar-refractivity contribution in [1.29, 1.82) is 0 Å². The Labute approximate surface area is 141 Å². The largest absolute Gasteiger partial charge is 0.304 e. The smallest absolute Gasteiger partial charge is 0.123 e. The molecule has 124 valence electrons. The highest BCUT2D eigenvalue weighted by molar-refractivity contribution is 5.54. The van der Waals surface area contributed by atoms with Crippen molar-refractivity contribution in [1.82, 2.24) is 14.3 Å². The van der Waals surface area contributed by atoms with Gasteiger partial charge in [-0.25, -0.2) is 9.37 Å². The lowest BCUT2D eigenvalue weighted by molar-refractivity contribution is 0.199. The van der Waals surface area contributed by atoms with E-state index in [1.807, 2.05) is 12.1 Å². The summed E-state index contributed by atoms with van der Waals surface area (Å²) in [4.78, 5) is 7.27. The number of imidazole rings is 1. The van der Waals surface area contributed by atoms with Gasteiger partial charge in [0, 0.05) is 25.2 Å². The molecule has 0 saturated carbocycles. The number of fused-ring (bicyclic) bond motifs is 1. The number of piperidine rings is 1. The molecule has 1 aliphatic heterocycles. The summed E-state index contributed by atoms with van der Waals surface area (Å²) in [5.74, 6) is 1.33. The van der Waals surface area contributed by atoms with Gasteiger partial charge in [0.1, 0.15) is 11.6 Å². The van der Waals surface area contributed by atoms with E-state index in [2.05, 4.69) is 34.6 Å². The molecule has 1 saturated heterocycles. The number of hydrogen-bond acceptors (Lipinski definition) is 2. The van der Waals surface area contributed by atoms with Crippen molar-refractivity contribution in [2.75, 3.05) is 13.1 Å². The molecule has 3 nitrogen and oxygen atoms in total. The molecule has 1 aromatic carbocycles. The maximum absolute atomic E-state index is 13.4. The molecule has 24 heavy (non-hydrogen) atoms. The van der Waals surface area contributed by atoms with E-state index in [1.165, 1.54) is 23.7 Å². The zero-order valence-corrected chi connectivity index (χ0v) is 14.0. The summed E-state index contributed by atoms with van der Waals surface area (Å²) in [7, 11) is 0. The highest BCUT2D eigenvalue weighted by Crippen LogP contribution is 2.30. The summed E-state index contributed by atoms with van der Waals surface area (Å²) in [6.45, 7) is 4.91. The molecule has 4 heteroatoms. The van der Waals surface area contributed by atoms with Gasteiger partial charge in [-0.15, -0.1) is 0 Å². The first kappa shape index (κ1) is 15.3. The van der Waals surface area contributed by atoms with Crippen LogP contribution in [-0.4, -0.2) is 27.4 Å². The van der Waals surface area contributed by atoms with Crippen molar-refractivity contribution in [2.24, 2.45) is 0 Å². The van der Waals surface area contributed by atoms with Gasteiger partial charge in [0.2, 0.25) is 0 Å². The number of benzene rings is 1. The molecule has 0 amide bonds. The lowest BCUT2D eigenvalue weighted by atomic mass is 9.93. The van der Waals surface area contributed by atoms with Gasteiger partial charge < -0.3 is 4.40 Å². The van der Waals surface area contributed by atoms with Crippen LogP contribution >= 0.6 is 0 Å². The van der Waals surface area contributed by atoms with Crippen LogP contribution in [0.15, 0.2) is 48.7 Å². The van der Waals surface area contributed by atoms with Crippen LogP contribution < -0.4 is 0 Å². The third-order valence-corrected chi connectivity index (χ3v) is 4.94. The van der Waals surface area contributed by atoms with Crippen molar-refractivity contribution in [2.45, 2.75) is 32.2 Å². The standard InChI is InChI=1S/C20H22FN3/c1-15-22-20(19-9-2-3-11-24(15)19)17-7-5-10-23(14-17)13-16-6-4-8-18(21)12-16/h2-4,6,8-9,11-12,17H,5,7,10,13-14H2,1H3. The average molecular weight is 323 g/mol. The fourth-order valence-corrected chi connectivity index (χ4v) is 3.84. The normalized spacial score (nSPS) is 19.0. The summed E-state index contributed by atoms with van der Waals surface area (Å²) < 4.78 is 15.6. The van der Waals surface area contributed by atoms with Crippen molar-refractivity contribution < 1.29 is 4.39 Å². The molecule has 0 aliphatic carbocycles. The molecule has 0 N–H and O–H groups in total. The van der Waals surface area contributed by atoms with Crippen molar-refractivity contribution in [3.8, 4) is 0 Å². The van der Waals surface area contributed by atoms with E-state index in [0.717, 1.165) is 37.4 Å². The predicted molar refractivity (Wildman–Crippen MR) is 93.6 cm³/mol. The van der Waals surface area contributed by atoms with E-state index in [9.17, 15) is 4.39 Å². The topological polar surface area (TPSA) is 20.5 Å². The summed E-state index contributed by atoms with van der Waals surface area (Å²) >= 11 is 0. The van der Waals surface area contributed by atoms with E-state index in [-0.39, 0.29) is 5.82 Å². The number of aromatic nitrogens is 2. The van der Waals surface area contributed by atoms with Gasteiger partial charge in [-0.3, -0.25) is 4.90 Å². The molecular formula is C20H22FN3. The second-order valence-electron chi connectivity index (χ2n) is 6.70. The number of hydrogen-bond donors (Lipinski definition) is 0. The van der Waals surface area contributed by atoms with E-state index in [0.29, 0.717) is 5.92 Å². The van der Waals surface area contributed by atoms with Crippen LogP contribution in [-0.2, 0) is 6.54 Å². The van der Waals surface area contributed by atoms with Gasteiger partial charge in [-0.05, 0) is 56.1 Å². The van der Waals surface area contributed by atoms with E-state index in [4.69, 9.17) is 4.98 Å². The van der Waals surface area contributed by atoms with Gasteiger partial charge in [-0.1, -0.05) is 18.2 Å². The van der Waals surface area contributed by atoms with Crippen LogP contribution in [0.1, 0.15) is 35.8 Å². The molecule has 1 fully saturated rings. The fraction of sp³-hybridized carbons (Fsp3) is 0.350. The van der Waals surface area contributed by atoms with E-state index < -0.39 is 0 Å². The van der Waals surface area contributed by atoms with Crippen molar-refractivity contribution in [3.63, 3.8) is 0 Å². The summed E-state index contributed by atoms with van der Waals surface area (Å²) in [6, 6.07) is 13.2. The minimum absolute atomic E-state index is 0.156. The molecule has 1 atom stereocenters. The number of nitrogens with zero attached hydrogens (tertiary/aromatic N) is 3. The Kier molecular flexibility index (Phi) is 4.07. The Morgan fingerprint density at radius 3 is 3.00 bits per heavy atom. The Balaban J connectivity index is 1.56. The second-order valence-corrected chi connectivity index (χ2v) is 6.70. The number of pyridine rings is 1. The Morgan fingerprint density at radius 2 is 2.12 bits per heavy atom. The Morgan fingerprint density at radius 1 is 1.21 bits per heavy atom. The minimum Gasteiger partial charge on any atom is -0.304 e. The Bertz CT molecular complexity index is 855. The maximum Gasteiger partial charge on any atom is 0.123 e. The van der Waals surface area contributed by atoms with E-state index >= 15 is 0 Å². The van der Waals surface area contributed by atoms with Crippen LogP contribution in [0, 0.1) is 12.7 Å². The number of aryl methyl sites for hydroxylation is 1. The number of rotatable bonds is 3. The van der Waals surface area contributed by atoms with Crippen LogP contribution in [0.4, 0.5) is 4.39 Å². The average Bonchev–Trinajstić information content (AvgIpc) is 2.93.